The SMILES string of the molecule is CCCC1CCCC(CN)(NC(C)CC(C)O)CC1. The summed E-state index contributed by atoms with van der Waals surface area (Å²) in [5.41, 5.74) is 6.19. The number of hydrogen-bond acceptors (Lipinski definition) is 3. The van der Waals surface area contributed by atoms with Crippen molar-refractivity contribution in [2.24, 2.45) is 11.7 Å². The quantitative estimate of drug-likeness (QED) is 0.624. The number of rotatable bonds is 7. The summed E-state index contributed by atoms with van der Waals surface area (Å²) in [6.07, 6.45) is 9.57. The Morgan fingerprint density at radius 2 is 2.05 bits per heavy atom. The molecule has 1 aliphatic rings. The average Bonchev–Trinajstić information content (AvgIpc) is 2.52. The Kier molecular flexibility index (Phi) is 7.33. The highest BCUT2D eigenvalue weighted by Crippen LogP contribution is 2.32. The third-order valence-corrected chi connectivity index (χ3v) is 4.63. The van der Waals surface area contributed by atoms with E-state index >= 15 is 0 Å². The summed E-state index contributed by atoms with van der Waals surface area (Å²) in [6, 6.07) is 0.339. The highest BCUT2D eigenvalue weighted by molar-refractivity contribution is 4.93. The van der Waals surface area contributed by atoms with Gasteiger partial charge in [0, 0.05) is 18.1 Å². The molecule has 0 spiro atoms. The van der Waals surface area contributed by atoms with Crippen molar-refractivity contribution in [3.63, 3.8) is 0 Å². The first kappa shape index (κ1) is 16.9. The molecule has 0 radical (unpaired) electrons. The molecule has 1 fully saturated rings. The van der Waals surface area contributed by atoms with Crippen LogP contribution in [0.25, 0.3) is 0 Å². The van der Waals surface area contributed by atoms with Gasteiger partial charge in [-0.25, -0.2) is 0 Å². The molecule has 4 atom stereocenters. The predicted octanol–water partition coefficient (Wildman–Crippen LogP) is 2.81. The monoisotopic (exact) mass is 270 g/mol. The van der Waals surface area contributed by atoms with Gasteiger partial charge in [0.05, 0.1) is 6.10 Å². The maximum atomic E-state index is 9.51. The van der Waals surface area contributed by atoms with Crippen molar-refractivity contribution in [3.05, 3.63) is 0 Å². The molecule has 1 rings (SSSR count). The third kappa shape index (κ3) is 5.80. The van der Waals surface area contributed by atoms with Gasteiger partial charge in [-0.1, -0.05) is 32.6 Å². The largest absolute Gasteiger partial charge is 0.393 e. The van der Waals surface area contributed by atoms with E-state index in [9.17, 15) is 5.11 Å². The maximum absolute atomic E-state index is 9.51. The van der Waals surface area contributed by atoms with E-state index in [1.807, 2.05) is 6.92 Å². The van der Waals surface area contributed by atoms with Crippen LogP contribution in [0.15, 0.2) is 0 Å². The number of aliphatic hydroxyl groups excluding tert-OH is 1. The van der Waals surface area contributed by atoms with E-state index in [1.54, 1.807) is 0 Å². The van der Waals surface area contributed by atoms with Crippen LogP contribution in [-0.2, 0) is 0 Å². The molecule has 114 valence electrons. The van der Waals surface area contributed by atoms with E-state index in [2.05, 4.69) is 19.2 Å². The lowest BCUT2D eigenvalue weighted by molar-refractivity contribution is 0.155. The van der Waals surface area contributed by atoms with Gasteiger partial charge in [0.1, 0.15) is 0 Å². The minimum absolute atomic E-state index is 0.108. The fourth-order valence-corrected chi connectivity index (χ4v) is 3.68. The fourth-order valence-electron chi connectivity index (χ4n) is 3.68. The smallest absolute Gasteiger partial charge is 0.0526 e. The lowest BCUT2D eigenvalue weighted by atomic mass is 9.88. The van der Waals surface area contributed by atoms with Gasteiger partial charge >= 0.3 is 0 Å². The minimum Gasteiger partial charge on any atom is -0.393 e. The second-order valence-electron chi connectivity index (χ2n) is 6.70. The first-order chi connectivity index (χ1) is 9.01. The van der Waals surface area contributed by atoms with Crippen LogP contribution in [0.1, 0.15) is 72.1 Å². The maximum Gasteiger partial charge on any atom is 0.0526 e. The van der Waals surface area contributed by atoms with Crippen LogP contribution < -0.4 is 11.1 Å². The molecule has 0 aromatic heterocycles. The summed E-state index contributed by atoms with van der Waals surface area (Å²) in [5, 5.41) is 13.2. The second kappa shape index (κ2) is 8.23. The number of hydrogen-bond donors (Lipinski definition) is 3. The van der Waals surface area contributed by atoms with Crippen molar-refractivity contribution < 1.29 is 5.11 Å². The van der Waals surface area contributed by atoms with Gasteiger partial charge in [0.15, 0.2) is 0 Å². The Balaban J connectivity index is 2.54. The zero-order chi connectivity index (χ0) is 14.3. The fraction of sp³-hybridized carbons (Fsp3) is 1.00. The van der Waals surface area contributed by atoms with Gasteiger partial charge in [-0.3, -0.25) is 0 Å². The van der Waals surface area contributed by atoms with E-state index in [0.717, 1.165) is 18.9 Å². The van der Waals surface area contributed by atoms with E-state index < -0.39 is 0 Å². The molecule has 0 bridgehead atoms. The van der Waals surface area contributed by atoms with Gasteiger partial charge in [0.2, 0.25) is 0 Å². The number of aliphatic hydroxyl groups is 1. The van der Waals surface area contributed by atoms with Crippen molar-refractivity contribution in [2.45, 2.75) is 89.8 Å². The zero-order valence-electron chi connectivity index (χ0n) is 13.1. The standard InChI is InChI=1S/C16H34N2O/c1-4-6-15-7-5-9-16(12-17,10-8-15)18-13(2)11-14(3)19/h13-15,18-19H,4-12,17H2,1-3H3. The molecule has 0 aliphatic heterocycles. The molecule has 4 N–H and O–H groups in total. The molecule has 3 heteroatoms. The number of nitrogens with one attached hydrogen (secondary N) is 1. The molecular weight excluding hydrogens is 236 g/mol. The van der Waals surface area contributed by atoms with Crippen LogP contribution in [-0.4, -0.2) is 29.3 Å². The molecule has 3 nitrogen and oxygen atoms in total. The topological polar surface area (TPSA) is 58.3 Å². The summed E-state index contributed by atoms with van der Waals surface area (Å²) in [5.74, 6) is 0.896. The normalized spacial score (nSPS) is 31.7. The van der Waals surface area contributed by atoms with Gasteiger partial charge in [-0.05, 0) is 45.4 Å². The van der Waals surface area contributed by atoms with Crippen molar-refractivity contribution in [2.75, 3.05) is 6.54 Å². The molecule has 1 aliphatic carbocycles. The third-order valence-electron chi connectivity index (χ3n) is 4.63. The van der Waals surface area contributed by atoms with Gasteiger partial charge in [-0.2, -0.15) is 0 Å². The van der Waals surface area contributed by atoms with Gasteiger partial charge in [0.25, 0.3) is 0 Å². The summed E-state index contributed by atoms with van der Waals surface area (Å²) in [4.78, 5) is 0. The van der Waals surface area contributed by atoms with Gasteiger partial charge in [-0.15, -0.1) is 0 Å². The van der Waals surface area contributed by atoms with Crippen LogP contribution in [0.5, 0.6) is 0 Å². The van der Waals surface area contributed by atoms with Crippen LogP contribution in [0, 0.1) is 5.92 Å². The molecule has 0 amide bonds. The molecule has 0 aromatic rings. The number of nitrogens with two attached hydrogens (primary N) is 1. The van der Waals surface area contributed by atoms with E-state index in [4.69, 9.17) is 5.73 Å². The van der Waals surface area contributed by atoms with Crippen molar-refractivity contribution >= 4 is 0 Å². The molecule has 1 saturated carbocycles. The molecule has 0 heterocycles. The van der Waals surface area contributed by atoms with Crippen LogP contribution >= 0.6 is 0 Å². The Bertz CT molecular complexity index is 245. The Morgan fingerprint density at radius 3 is 2.63 bits per heavy atom. The van der Waals surface area contributed by atoms with E-state index in [0.29, 0.717) is 6.04 Å². The summed E-state index contributed by atoms with van der Waals surface area (Å²) >= 11 is 0. The Hall–Kier alpha value is -0.120. The van der Waals surface area contributed by atoms with E-state index in [-0.39, 0.29) is 11.6 Å². The zero-order valence-corrected chi connectivity index (χ0v) is 13.1. The molecule has 4 unspecified atom stereocenters. The molecule has 0 saturated heterocycles. The second-order valence-corrected chi connectivity index (χ2v) is 6.70. The Morgan fingerprint density at radius 1 is 1.32 bits per heavy atom. The summed E-state index contributed by atoms with van der Waals surface area (Å²) < 4.78 is 0. The van der Waals surface area contributed by atoms with Crippen LogP contribution in [0.2, 0.25) is 0 Å². The van der Waals surface area contributed by atoms with Crippen LogP contribution in [0.3, 0.4) is 0 Å². The van der Waals surface area contributed by atoms with E-state index in [1.165, 1.54) is 44.9 Å². The predicted molar refractivity (Wildman–Crippen MR) is 82.2 cm³/mol. The summed E-state index contributed by atoms with van der Waals surface area (Å²) in [6.45, 7) is 7.02. The minimum atomic E-state index is -0.240. The lowest BCUT2D eigenvalue weighted by Gasteiger charge is -2.36. The Labute approximate surface area is 119 Å². The van der Waals surface area contributed by atoms with Crippen LogP contribution in [0.4, 0.5) is 0 Å². The highest BCUT2D eigenvalue weighted by atomic mass is 16.3. The van der Waals surface area contributed by atoms with Crippen molar-refractivity contribution in [3.8, 4) is 0 Å². The first-order valence-corrected chi connectivity index (χ1v) is 8.17. The molecule has 19 heavy (non-hydrogen) atoms. The molecule has 0 aromatic carbocycles. The van der Waals surface area contributed by atoms with Gasteiger partial charge < -0.3 is 16.2 Å². The first-order valence-electron chi connectivity index (χ1n) is 8.17. The summed E-state index contributed by atoms with van der Waals surface area (Å²) in [7, 11) is 0. The molecular formula is C16H34N2O. The van der Waals surface area contributed by atoms with Crippen molar-refractivity contribution in [1.82, 2.24) is 5.32 Å². The van der Waals surface area contributed by atoms with Crippen molar-refractivity contribution in [1.29, 1.82) is 0 Å². The highest BCUT2D eigenvalue weighted by Gasteiger charge is 2.32. The average molecular weight is 270 g/mol. The lowest BCUT2D eigenvalue weighted by Crippen LogP contribution is -2.54.